The van der Waals surface area contributed by atoms with Gasteiger partial charge in [0, 0.05) is 37.2 Å². The Morgan fingerprint density at radius 3 is 2.62 bits per heavy atom. The molecular formula is C20H24N6O5S. The van der Waals surface area contributed by atoms with Crippen molar-refractivity contribution < 1.29 is 18.1 Å². The standard InChI is InChI=1S/C20H24N6O5S/c1-14-4-5-17(26(28)29)13-18(14)32(30,31)24-10-6-16(7-11-24)20(27)22-19-12-15(2)23-25(19)9-3-8-21/h4-5,12-13,16H,3,6-7,9-11H2,1-2H3,(H,22,27). The van der Waals surface area contributed by atoms with Crippen LogP contribution in [0, 0.1) is 41.2 Å². The third-order valence-electron chi connectivity index (χ3n) is 5.41. The van der Waals surface area contributed by atoms with Crippen molar-refractivity contribution in [3.05, 3.63) is 45.6 Å². The number of aryl methyl sites for hydroxylation is 3. The second-order valence-electron chi connectivity index (χ2n) is 7.68. The first-order valence-corrected chi connectivity index (χ1v) is 11.5. The predicted octanol–water partition coefficient (Wildman–Crippen LogP) is 2.36. The summed E-state index contributed by atoms with van der Waals surface area (Å²) in [5.41, 5.74) is 0.856. The molecule has 1 aliphatic heterocycles. The number of nitriles is 1. The van der Waals surface area contributed by atoms with E-state index in [0.717, 1.165) is 6.07 Å². The molecule has 0 saturated carbocycles. The Hall–Kier alpha value is -3.30. The molecule has 170 valence electrons. The van der Waals surface area contributed by atoms with E-state index in [2.05, 4.69) is 10.4 Å². The van der Waals surface area contributed by atoms with Crippen LogP contribution in [0.3, 0.4) is 0 Å². The molecule has 32 heavy (non-hydrogen) atoms. The number of carbonyl (C=O) groups is 1. The summed E-state index contributed by atoms with van der Waals surface area (Å²) in [7, 11) is -3.92. The van der Waals surface area contributed by atoms with Crippen molar-refractivity contribution in [1.29, 1.82) is 5.26 Å². The number of rotatable bonds is 7. The van der Waals surface area contributed by atoms with Crippen LogP contribution in [0.5, 0.6) is 0 Å². The number of nitro benzene ring substituents is 1. The monoisotopic (exact) mass is 460 g/mol. The zero-order valence-electron chi connectivity index (χ0n) is 17.8. The van der Waals surface area contributed by atoms with Crippen LogP contribution in [0.15, 0.2) is 29.2 Å². The van der Waals surface area contributed by atoms with Crippen molar-refractivity contribution >= 4 is 27.4 Å². The van der Waals surface area contributed by atoms with Gasteiger partial charge < -0.3 is 5.32 Å². The molecule has 1 saturated heterocycles. The summed E-state index contributed by atoms with van der Waals surface area (Å²) in [5.74, 6) is -0.107. The van der Waals surface area contributed by atoms with Gasteiger partial charge in [-0.3, -0.25) is 14.9 Å². The van der Waals surface area contributed by atoms with Crippen LogP contribution < -0.4 is 5.32 Å². The minimum Gasteiger partial charge on any atom is -0.311 e. The summed E-state index contributed by atoms with van der Waals surface area (Å²) >= 11 is 0. The van der Waals surface area contributed by atoms with Gasteiger partial charge in [-0.25, -0.2) is 13.1 Å². The molecule has 1 aliphatic rings. The van der Waals surface area contributed by atoms with Gasteiger partial charge in [-0.1, -0.05) is 6.07 Å². The maximum Gasteiger partial charge on any atom is 0.270 e. The molecule has 0 unspecified atom stereocenters. The number of sulfonamides is 1. The highest BCUT2D eigenvalue weighted by atomic mass is 32.2. The zero-order chi connectivity index (χ0) is 23.5. The van der Waals surface area contributed by atoms with Gasteiger partial charge in [0.25, 0.3) is 5.69 Å². The highest BCUT2D eigenvalue weighted by Gasteiger charge is 2.34. The second-order valence-corrected chi connectivity index (χ2v) is 9.58. The maximum atomic E-state index is 13.1. The van der Waals surface area contributed by atoms with E-state index in [1.165, 1.54) is 16.4 Å². The van der Waals surface area contributed by atoms with Gasteiger partial charge in [-0.05, 0) is 32.3 Å². The molecule has 1 fully saturated rings. The summed E-state index contributed by atoms with van der Waals surface area (Å²) in [6.45, 7) is 4.01. The molecule has 1 aromatic heterocycles. The minimum absolute atomic E-state index is 0.0912. The van der Waals surface area contributed by atoms with E-state index >= 15 is 0 Å². The predicted molar refractivity (Wildman–Crippen MR) is 115 cm³/mol. The van der Waals surface area contributed by atoms with Gasteiger partial charge in [0.15, 0.2) is 0 Å². The number of nitrogens with zero attached hydrogens (tertiary/aromatic N) is 5. The van der Waals surface area contributed by atoms with E-state index in [9.17, 15) is 23.3 Å². The van der Waals surface area contributed by atoms with E-state index in [1.54, 1.807) is 24.6 Å². The van der Waals surface area contributed by atoms with Crippen molar-refractivity contribution in [2.75, 3.05) is 18.4 Å². The number of non-ortho nitro benzene ring substituents is 1. The normalized spacial score (nSPS) is 15.3. The number of hydrogen-bond acceptors (Lipinski definition) is 7. The van der Waals surface area contributed by atoms with Crippen molar-refractivity contribution in [1.82, 2.24) is 14.1 Å². The maximum absolute atomic E-state index is 13.1. The van der Waals surface area contributed by atoms with E-state index in [-0.39, 0.29) is 41.9 Å². The van der Waals surface area contributed by atoms with Gasteiger partial charge in [0.1, 0.15) is 5.82 Å². The number of aromatic nitrogens is 2. The topological polar surface area (TPSA) is 151 Å². The SMILES string of the molecule is Cc1cc(NC(=O)C2CCN(S(=O)(=O)c3cc([N+](=O)[O-])ccc3C)CC2)n(CCC#N)n1. The lowest BCUT2D eigenvalue weighted by molar-refractivity contribution is -0.385. The fraction of sp³-hybridized carbons (Fsp3) is 0.450. The van der Waals surface area contributed by atoms with Crippen LogP contribution in [0.25, 0.3) is 0 Å². The van der Waals surface area contributed by atoms with Crippen LogP contribution in [-0.4, -0.2) is 46.4 Å². The van der Waals surface area contributed by atoms with Crippen LogP contribution in [0.4, 0.5) is 11.5 Å². The molecule has 3 rings (SSSR count). The van der Waals surface area contributed by atoms with Gasteiger partial charge >= 0.3 is 0 Å². The fourth-order valence-electron chi connectivity index (χ4n) is 3.68. The third-order valence-corrected chi connectivity index (χ3v) is 7.45. The Balaban J connectivity index is 1.68. The number of piperidine rings is 1. The Bertz CT molecular complexity index is 1180. The molecule has 0 radical (unpaired) electrons. The summed E-state index contributed by atoms with van der Waals surface area (Å²) in [5, 5.41) is 26.9. The van der Waals surface area contributed by atoms with E-state index in [0.29, 0.717) is 36.5 Å². The number of hydrogen-bond donors (Lipinski definition) is 1. The van der Waals surface area contributed by atoms with Crippen LogP contribution >= 0.6 is 0 Å². The van der Waals surface area contributed by atoms with E-state index in [1.807, 2.05) is 6.07 Å². The Morgan fingerprint density at radius 1 is 1.31 bits per heavy atom. The van der Waals surface area contributed by atoms with Crippen molar-refractivity contribution in [3.63, 3.8) is 0 Å². The number of carbonyl (C=O) groups excluding carboxylic acids is 1. The number of anilines is 1. The summed E-state index contributed by atoms with van der Waals surface area (Å²) in [6.07, 6.45) is 0.909. The minimum atomic E-state index is -3.92. The zero-order valence-corrected chi connectivity index (χ0v) is 18.6. The van der Waals surface area contributed by atoms with Crippen LogP contribution in [0.2, 0.25) is 0 Å². The smallest absolute Gasteiger partial charge is 0.270 e. The fourth-order valence-corrected chi connectivity index (χ4v) is 5.39. The first kappa shape index (κ1) is 23.4. The van der Waals surface area contributed by atoms with Crippen molar-refractivity contribution in [2.24, 2.45) is 5.92 Å². The molecule has 0 bridgehead atoms. The lowest BCUT2D eigenvalue weighted by Gasteiger charge is -2.30. The lowest BCUT2D eigenvalue weighted by Crippen LogP contribution is -2.41. The van der Waals surface area contributed by atoms with Gasteiger partial charge in [-0.15, -0.1) is 0 Å². The molecule has 2 heterocycles. The summed E-state index contributed by atoms with van der Waals surface area (Å²) in [6, 6.07) is 7.53. The first-order chi connectivity index (χ1) is 15.1. The molecule has 0 spiro atoms. The van der Waals surface area contributed by atoms with E-state index in [4.69, 9.17) is 5.26 Å². The van der Waals surface area contributed by atoms with Crippen LogP contribution in [0.1, 0.15) is 30.5 Å². The Labute approximate surface area is 185 Å². The average molecular weight is 461 g/mol. The second kappa shape index (κ2) is 9.46. The number of nitro groups is 1. The van der Waals surface area contributed by atoms with Gasteiger partial charge in [0.2, 0.25) is 15.9 Å². The highest BCUT2D eigenvalue weighted by Crippen LogP contribution is 2.29. The molecule has 1 N–H and O–H groups in total. The lowest BCUT2D eigenvalue weighted by atomic mass is 9.97. The molecule has 2 aromatic rings. The summed E-state index contributed by atoms with van der Waals surface area (Å²) < 4.78 is 29.0. The first-order valence-electron chi connectivity index (χ1n) is 10.1. The highest BCUT2D eigenvalue weighted by molar-refractivity contribution is 7.89. The Kier molecular flexibility index (Phi) is 6.90. The molecule has 1 aromatic carbocycles. The summed E-state index contributed by atoms with van der Waals surface area (Å²) in [4.78, 5) is 23.1. The molecule has 11 nitrogen and oxygen atoms in total. The Morgan fingerprint density at radius 2 is 2.00 bits per heavy atom. The molecular weight excluding hydrogens is 436 g/mol. The largest absolute Gasteiger partial charge is 0.311 e. The molecule has 0 atom stereocenters. The quantitative estimate of drug-likeness (QED) is 0.492. The third kappa shape index (κ3) is 4.95. The van der Waals surface area contributed by atoms with E-state index < -0.39 is 14.9 Å². The van der Waals surface area contributed by atoms with Gasteiger partial charge in [-0.2, -0.15) is 14.7 Å². The number of nitrogens with one attached hydrogen (secondary N) is 1. The molecule has 0 aliphatic carbocycles. The van der Waals surface area contributed by atoms with Crippen molar-refractivity contribution in [3.8, 4) is 6.07 Å². The molecule has 12 heteroatoms. The number of amides is 1. The average Bonchev–Trinajstić information content (AvgIpc) is 3.11. The number of benzene rings is 1. The van der Waals surface area contributed by atoms with Crippen molar-refractivity contribution in [2.45, 2.75) is 44.6 Å². The molecule has 1 amide bonds. The van der Waals surface area contributed by atoms with Crippen LogP contribution in [-0.2, 0) is 21.4 Å². The van der Waals surface area contributed by atoms with Gasteiger partial charge in [0.05, 0.1) is 34.5 Å².